The van der Waals surface area contributed by atoms with Crippen molar-refractivity contribution in [2.45, 2.75) is 90.3 Å². The lowest BCUT2D eigenvalue weighted by molar-refractivity contribution is -0.132. The first kappa shape index (κ1) is 24.4. The summed E-state index contributed by atoms with van der Waals surface area (Å²) in [6.45, 7) is 11.0. The Hall–Kier alpha value is -1.83. The predicted octanol–water partition coefficient (Wildman–Crippen LogP) is 2.27. The fourth-order valence-electron chi connectivity index (χ4n) is 4.18. The van der Waals surface area contributed by atoms with E-state index in [1.54, 1.807) is 20.8 Å². The van der Waals surface area contributed by atoms with E-state index >= 15 is 0 Å². The topological polar surface area (TPSA) is 91.0 Å². The van der Waals surface area contributed by atoms with Crippen LogP contribution in [0, 0.1) is 0 Å². The third-order valence-corrected chi connectivity index (χ3v) is 5.79. The van der Waals surface area contributed by atoms with E-state index in [2.05, 4.69) is 22.5 Å². The second-order valence-corrected chi connectivity index (χ2v) is 9.50. The van der Waals surface area contributed by atoms with Crippen LogP contribution < -0.4 is 10.6 Å². The number of amides is 3. The Morgan fingerprint density at radius 2 is 1.77 bits per heavy atom. The Kier molecular flexibility index (Phi) is 9.39. The molecule has 0 aromatic carbocycles. The molecule has 0 unspecified atom stereocenters. The maximum absolute atomic E-state index is 12.5. The molecule has 2 rings (SSSR count). The van der Waals surface area contributed by atoms with E-state index in [4.69, 9.17) is 4.74 Å². The largest absolute Gasteiger partial charge is 0.444 e. The third kappa shape index (κ3) is 8.50. The number of rotatable bonds is 8. The standard InChI is InChI=1S/C22H40N4O4/c1-17-8-7-14-26(17)20(28)11-15-25-13-6-5-9-18(25)16-24-19(27)10-12-23-21(29)30-22(2,3)4/h17-18H,5-16H2,1-4H3,(H,23,29)(H,24,27)/t17-,18+/m0/s1. The minimum absolute atomic E-state index is 0.0847. The van der Waals surface area contributed by atoms with Gasteiger partial charge in [0.05, 0.1) is 0 Å². The van der Waals surface area contributed by atoms with Crippen LogP contribution in [0.5, 0.6) is 0 Å². The van der Waals surface area contributed by atoms with Gasteiger partial charge in [0.1, 0.15) is 5.60 Å². The first-order chi connectivity index (χ1) is 14.2. The van der Waals surface area contributed by atoms with Crippen molar-refractivity contribution in [3.05, 3.63) is 0 Å². The Bertz CT molecular complexity index is 590. The predicted molar refractivity (Wildman–Crippen MR) is 116 cm³/mol. The minimum Gasteiger partial charge on any atom is -0.444 e. The molecule has 2 aliphatic heterocycles. The molecule has 2 atom stereocenters. The number of piperidine rings is 1. The van der Waals surface area contributed by atoms with Gasteiger partial charge in [0, 0.05) is 51.1 Å². The highest BCUT2D eigenvalue weighted by Gasteiger charge is 2.27. The maximum atomic E-state index is 12.5. The van der Waals surface area contributed by atoms with Gasteiger partial charge in [-0.3, -0.25) is 14.5 Å². The maximum Gasteiger partial charge on any atom is 0.407 e. The molecule has 0 saturated carbocycles. The van der Waals surface area contributed by atoms with E-state index in [9.17, 15) is 14.4 Å². The molecule has 3 amide bonds. The fourth-order valence-corrected chi connectivity index (χ4v) is 4.18. The molecule has 8 nitrogen and oxygen atoms in total. The summed E-state index contributed by atoms with van der Waals surface area (Å²) >= 11 is 0. The van der Waals surface area contributed by atoms with E-state index in [-0.39, 0.29) is 30.8 Å². The average molecular weight is 425 g/mol. The first-order valence-corrected chi connectivity index (χ1v) is 11.4. The zero-order valence-corrected chi connectivity index (χ0v) is 19.2. The number of nitrogens with zero attached hydrogens (tertiary/aromatic N) is 2. The number of alkyl carbamates (subject to hydrolysis) is 1. The third-order valence-electron chi connectivity index (χ3n) is 5.79. The molecule has 0 aromatic heterocycles. The van der Waals surface area contributed by atoms with Crippen LogP contribution in [0.4, 0.5) is 4.79 Å². The van der Waals surface area contributed by atoms with Gasteiger partial charge in [-0.05, 0) is 59.9 Å². The van der Waals surface area contributed by atoms with Crippen molar-refractivity contribution in [3.8, 4) is 0 Å². The van der Waals surface area contributed by atoms with Crippen molar-refractivity contribution in [1.82, 2.24) is 20.4 Å². The van der Waals surface area contributed by atoms with Gasteiger partial charge in [-0.15, -0.1) is 0 Å². The molecule has 2 heterocycles. The van der Waals surface area contributed by atoms with E-state index in [0.29, 0.717) is 19.0 Å². The zero-order chi connectivity index (χ0) is 22.1. The van der Waals surface area contributed by atoms with Gasteiger partial charge < -0.3 is 20.3 Å². The normalized spacial score (nSPS) is 22.6. The molecular formula is C22H40N4O4. The molecule has 2 aliphatic rings. The lowest BCUT2D eigenvalue weighted by Crippen LogP contribution is -2.48. The van der Waals surface area contributed by atoms with E-state index in [0.717, 1.165) is 51.7 Å². The molecule has 30 heavy (non-hydrogen) atoms. The lowest BCUT2D eigenvalue weighted by Gasteiger charge is -2.36. The van der Waals surface area contributed by atoms with Crippen molar-refractivity contribution in [3.63, 3.8) is 0 Å². The van der Waals surface area contributed by atoms with E-state index < -0.39 is 11.7 Å². The molecule has 0 aromatic rings. The van der Waals surface area contributed by atoms with Gasteiger partial charge >= 0.3 is 6.09 Å². The van der Waals surface area contributed by atoms with Crippen LogP contribution in [-0.2, 0) is 14.3 Å². The van der Waals surface area contributed by atoms with E-state index in [1.165, 1.54) is 0 Å². The highest BCUT2D eigenvalue weighted by atomic mass is 16.6. The highest BCUT2D eigenvalue weighted by molar-refractivity contribution is 5.77. The summed E-state index contributed by atoms with van der Waals surface area (Å²) in [5.74, 6) is 0.167. The van der Waals surface area contributed by atoms with Crippen molar-refractivity contribution in [1.29, 1.82) is 0 Å². The van der Waals surface area contributed by atoms with Crippen LogP contribution in [0.2, 0.25) is 0 Å². The van der Waals surface area contributed by atoms with Crippen LogP contribution >= 0.6 is 0 Å². The summed E-state index contributed by atoms with van der Waals surface area (Å²) in [5, 5.41) is 5.59. The van der Waals surface area contributed by atoms with E-state index in [1.807, 2.05) is 4.90 Å². The van der Waals surface area contributed by atoms with Gasteiger partial charge in [0.25, 0.3) is 0 Å². The van der Waals surface area contributed by atoms with Crippen LogP contribution in [-0.4, -0.2) is 78.1 Å². The van der Waals surface area contributed by atoms with Gasteiger partial charge in [-0.2, -0.15) is 0 Å². The summed E-state index contributed by atoms with van der Waals surface area (Å²) in [4.78, 5) is 40.7. The Balaban J connectivity index is 1.67. The van der Waals surface area contributed by atoms with Crippen LogP contribution in [0.1, 0.15) is 72.6 Å². The van der Waals surface area contributed by atoms with Gasteiger partial charge in [-0.25, -0.2) is 4.79 Å². The van der Waals surface area contributed by atoms with Crippen molar-refractivity contribution < 1.29 is 19.1 Å². The Labute approximate surface area is 181 Å². The Morgan fingerprint density at radius 3 is 2.43 bits per heavy atom. The summed E-state index contributed by atoms with van der Waals surface area (Å²) in [6.07, 6.45) is 5.79. The van der Waals surface area contributed by atoms with Gasteiger partial charge in [-0.1, -0.05) is 6.42 Å². The number of hydrogen-bond donors (Lipinski definition) is 2. The van der Waals surface area contributed by atoms with Crippen LogP contribution in [0.15, 0.2) is 0 Å². The molecule has 8 heteroatoms. The number of hydrogen-bond acceptors (Lipinski definition) is 5. The summed E-state index contributed by atoms with van der Waals surface area (Å²) < 4.78 is 5.16. The first-order valence-electron chi connectivity index (χ1n) is 11.4. The average Bonchev–Trinajstić information content (AvgIpc) is 3.09. The molecule has 0 bridgehead atoms. The van der Waals surface area contributed by atoms with Crippen LogP contribution in [0.3, 0.4) is 0 Å². The Morgan fingerprint density at radius 1 is 1.00 bits per heavy atom. The molecule has 0 aliphatic carbocycles. The second-order valence-electron chi connectivity index (χ2n) is 9.50. The SMILES string of the molecule is C[C@H]1CCCN1C(=O)CCN1CCCC[C@@H]1CNC(=O)CCNC(=O)OC(C)(C)C. The molecular weight excluding hydrogens is 384 g/mol. The quantitative estimate of drug-likeness (QED) is 0.624. The smallest absolute Gasteiger partial charge is 0.407 e. The highest BCUT2D eigenvalue weighted by Crippen LogP contribution is 2.20. The monoisotopic (exact) mass is 424 g/mol. The van der Waals surface area contributed by atoms with Crippen molar-refractivity contribution in [2.24, 2.45) is 0 Å². The minimum atomic E-state index is -0.551. The molecule has 172 valence electrons. The number of nitrogens with one attached hydrogen (secondary N) is 2. The molecule has 2 fully saturated rings. The molecule has 2 N–H and O–H groups in total. The zero-order valence-electron chi connectivity index (χ0n) is 19.2. The fraction of sp³-hybridized carbons (Fsp3) is 0.864. The van der Waals surface area contributed by atoms with Gasteiger partial charge in [0.15, 0.2) is 0 Å². The molecule has 0 spiro atoms. The summed E-state index contributed by atoms with van der Waals surface area (Å²) in [6, 6.07) is 0.633. The number of carbonyl (C=O) groups is 3. The van der Waals surface area contributed by atoms with Crippen molar-refractivity contribution >= 4 is 17.9 Å². The van der Waals surface area contributed by atoms with Gasteiger partial charge in [0.2, 0.25) is 11.8 Å². The summed E-state index contributed by atoms with van der Waals surface area (Å²) in [5.41, 5.74) is -0.551. The lowest BCUT2D eigenvalue weighted by atomic mass is 10.0. The second kappa shape index (κ2) is 11.5. The molecule has 2 saturated heterocycles. The van der Waals surface area contributed by atoms with Crippen molar-refractivity contribution in [2.75, 3.05) is 32.7 Å². The number of carbonyl (C=O) groups excluding carboxylic acids is 3. The van der Waals surface area contributed by atoms with Crippen LogP contribution in [0.25, 0.3) is 0 Å². The molecule has 0 radical (unpaired) electrons. The summed E-state index contributed by atoms with van der Waals surface area (Å²) in [7, 11) is 0. The number of likely N-dealkylation sites (tertiary alicyclic amines) is 2. The number of ether oxygens (including phenoxy) is 1.